The Morgan fingerprint density at radius 2 is 0.548 bits per heavy atom. The van der Waals surface area contributed by atoms with E-state index in [2.05, 4.69) is 41.5 Å². The predicted octanol–water partition coefficient (Wildman–Crippen LogP) is 18.0. The van der Waals surface area contributed by atoms with Crippen LogP contribution in [0.5, 0.6) is 0 Å². The molecule has 0 fully saturated rings. The minimum atomic E-state index is -4.95. The van der Waals surface area contributed by atoms with Gasteiger partial charge in [-0.3, -0.25) is 37.3 Å². The molecular weight excluding hydrogens is 1110 g/mol. The molecule has 3 N–H and O–H groups in total. The molecule has 0 aromatic carbocycles. The molecule has 17 nitrogen and oxygen atoms in total. The summed E-state index contributed by atoms with van der Waals surface area (Å²) >= 11 is 0. The fraction of sp³-hybridized carbons (Fsp3) is 0.938. The summed E-state index contributed by atoms with van der Waals surface area (Å²) in [4.78, 5) is 72.2. The monoisotopic (exact) mass is 1240 g/mol. The first kappa shape index (κ1) is 82.1. The number of phosphoric acid groups is 2. The SMILES string of the molecule is CCCCCCCCCCCCCCCCCCC(=O)O[C@H](COC(=O)CCCCCCCCCC(C)C)COP(=O)(O)OC[C@@H](O)COP(=O)(O)OC[C@@H](COC(=O)CCCCCCCCCC)OC(=O)CCCCCCCCCC(C)C. The number of ether oxygens (including phenoxy) is 4. The fourth-order valence-corrected chi connectivity index (χ4v) is 11.3. The van der Waals surface area contributed by atoms with Crippen LogP contribution >= 0.6 is 15.6 Å². The van der Waals surface area contributed by atoms with Crippen molar-refractivity contribution >= 4 is 39.5 Å². The Labute approximate surface area is 511 Å². The molecule has 0 rings (SSSR count). The van der Waals surface area contributed by atoms with Crippen LogP contribution in [0.3, 0.4) is 0 Å². The highest BCUT2D eigenvalue weighted by molar-refractivity contribution is 7.47. The number of hydrogen-bond acceptors (Lipinski definition) is 15. The van der Waals surface area contributed by atoms with E-state index in [4.69, 9.17) is 37.0 Å². The summed E-state index contributed by atoms with van der Waals surface area (Å²) in [6, 6.07) is 0. The Balaban J connectivity index is 5.20. The number of unbranched alkanes of at least 4 members (excludes halogenated alkanes) is 34. The van der Waals surface area contributed by atoms with Crippen molar-refractivity contribution in [3.05, 3.63) is 0 Å². The summed E-state index contributed by atoms with van der Waals surface area (Å²) < 4.78 is 68.0. The normalized spacial score (nSPS) is 14.3. The molecule has 0 saturated heterocycles. The van der Waals surface area contributed by atoms with Crippen molar-refractivity contribution in [1.82, 2.24) is 0 Å². The molecule has 5 atom stereocenters. The predicted molar refractivity (Wildman–Crippen MR) is 335 cm³/mol. The minimum Gasteiger partial charge on any atom is -0.462 e. The molecule has 0 aliphatic heterocycles. The fourth-order valence-electron chi connectivity index (χ4n) is 9.71. The molecule has 19 heteroatoms. The van der Waals surface area contributed by atoms with E-state index in [9.17, 15) is 43.2 Å². The molecule has 0 bridgehead atoms. The first-order valence-corrected chi connectivity index (χ1v) is 37.0. The first-order valence-electron chi connectivity index (χ1n) is 34.0. The molecule has 0 radical (unpaired) electrons. The van der Waals surface area contributed by atoms with Crippen LogP contribution in [0.2, 0.25) is 0 Å². The lowest BCUT2D eigenvalue weighted by atomic mass is 10.0. The number of rotatable bonds is 64. The summed E-state index contributed by atoms with van der Waals surface area (Å²) in [7, 11) is -9.89. The van der Waals surface area contributed by atoms with Gasteiger partial charge in [0.05, 0.1) is 26.4 Å². The lowest BCUT2D eigenvalue weighted by Crippen LogP contribution is -2.30. The molecule has 0 saturated carbocycles. The number of aliphatic hydroxyl groups is 1. The molecule has 0 aromatic heterocycles. The lowest BCUT2D eigenvalue weighted by molar-refractivity contribution is -0.161. The van der Waals surface area contributed by atoms with Crippen molar-refractivity contribution in [1.29, 1.82) is 0 Å². The molecule has 0 heterocycles. The van der Waals surface area contributed by atoms with Crippen molar-refractivity contribution in [2.45, 2.75) is 342 Å². The van der Waals surface area contributed by atoms with Crippen LogP contribution in [-0.2, 0) is 65.4 Å². The van der Waals surface area contributed by atoms with Gasteiger partial charge < -0.3 is 33.8 Å². The Morgan fingerprint density at radius 3 is 0.810 bits per heavy atom. The molecule has 498 valence electrons. The number of phosphoric ester groups is 2. The third-order valence-corrected chi connectivity index (χ3v) is 16.9. The van der Waals surface area contributed by atoms with Crippen LogP contribution in [0, 0.1) is 11.8 Å². The molecule has 0 aliphatic carbocycles. The molecule has 0 spiro atoms. The van der Waals surface area contributed by atoms with Crippen LogP contribution < -0.4 is 0 Å². The van der Waals surface area contributed by atoms with Gasteiger partial charge in [-0.2, -0.15) is 0 Å². The van der Waals surface area contributed by atoms with Crippen molar-refractivity contribution in [2.24, 2.45) is 11.8 Å². The van der Waals surface area contributed by atoms with Gasteiger partial charge in [-0.05, 0) is 37.5 Å². The summed E-state index contributed by atoms with van der Waals surface area (Å²) in [6.07, 6.45) is 40.5. The Kier molecular flexibility index (Phi) is 56.2. The first-order chi connectivity index (χ1) is 40.4. The maximum Gasteiger partial charge on any atom is 0.472 e. The van der Waals surface area contributed by atoms with Crippen molar-refractivity contribution < 1.29 is 80.2 Å². The Bertz CT molecular complexity index is 1650. The van der Waals surface area contributed by atoms with Gasteiger partial charge in [0, 0.05) is 25.7 Å². The van der Waals surface area contributed by atoms with Crippen LogP contribution in [-0.4, -0.2) is 96.7 Å². The lowest BCUT2D eigenvalue weighted by Gasteiger charge is -2.21. The third-order valence-electron chi connectivity index (χ3n) is 15.0. The zero-order valence-corrected chi connectivity index (χ0v) is 56.0. The number of carbonyl (C=O) groups excluding carboxylic acids is 4. The van der Waals surface area contributed by atoms with Crippen LogP contribution in [0.25, 0.3) is 0 Å². The van der Waals surface area contributed by atoms with Crippen molar-refractivity contribution in [3.63, 3.8) is 0 Å². The summed E-state index contributed by atoms with van der Waals surface area (Å²) in [6.45, 7) is 9.36. The van der Waals surface area contributed by atoms with E-state index < -0.39 is 97.5 Å². The average Bonchev–Trinajstić information content (AvgIpc) is 3.57. The second-order valence-electron chi connectivity index (χ2n) is 24.5. The van der Waals surface area contributed by atoms with Crippen molar-refractivity contribution in [3.8, 4) is 0 Å². The molecule has 84 heavy (non-hydrogen) atoms. The van der Waals surface area contributed by atoms with E-state index in [-0.39, 0.29) is 25.7 Å². The quantitative estimate of drug-likeness (QED) is 0.0222. The molecule has 2 unspecified atom stereocenters. The van der Waals surface area contributed by atoms with Crippen LogP contribution in [0.4, 0.5) is 0 Å². The van der Waals surface area contributed by atoms with Gasteiger partial charge >= 0.3 is 39.5 Å². The van der Waals surface area contributed by atoms with E-state index in [1.54, 1.807) is 0 Å². The van der Waals surface area contributed by atoms with Crippen LogP contribution in [0.1, 0.15) is 324 Å². The van der Waals surface area contributed by atoms with E-state index in [1.165, 1.54) is 128 Å². The zero-order chi connectivity index (χ0) is 62.2. The smallest absolute Gasteiger partial charge is 0.462 e. The van der Waals surface area contributed by atoms with Gasteiger partial charge in [0.25, 0.3) is 0 Å². The zero-order valence-electron chi connectivity index (χ0n) is 54.2. The highest BCUT2D eigenvalue weighted by atomic mass is 31.2. The second-order valence-corrected chi connectivity index (χ2v) is 27.4. The second kappa shape index (κ2) is 57.5. The molecule has 0 aromatic rings. The summed E-state index contributed by atoms with van der Waals surface area (Å²) in [5.41, 5.74) is 0. The number of aliphatic hydroxyl groups excluding tert-OH is 1. The molecule has 0 aliphatic rings. The maximum atomic E-state index is 13.0. The number of carbonyl (C=O) groups is 4. The van der Waals surface area contributed by atoms with Crippen molar-refractivity contribution in [2.75, 3.05) is 39.6 Å². The van der Waals surface area contributed by atoms with Gasteiger partial charge in [-0.15, -0.1) is 0 Å². The van der Waals surface area contributed by atoms with E-state index >= 15 is 0 Å². The van der Waals surface area contributed by atoms with Gasteiger partial charge in [-0.1, -0.05) is 273 Å². The molecule has 0 amide bonds. The largest absolute Gasteiger partial charge is 0.472 e. The number of hydrogen-bond donors (Lipinski definition) is 3. The van der Waals surface area contributed by atoms with Crippen LogP contribution in [0.15, 0.2) is 0 Å². The Hall–Kier alpha value is -1.94. The minimum absolute atomic E-state index is 0.103. The Morgan fingerprint density at radius 1 is 0.321 bits per heavy atom. The highest BCUT2D eigenvalue weighted by Crippen LogP contribution is 2.45. The maximum absolute atomic E-state index is 13.0. The summed E-state index contributed by atoms with van der Waals surface area (Å²) in [5, 5.41) is 10.5. The molecular formula is C65H126O17P2. The van der Waals surface area contributed by atoms with Gasteiger partial charge in [0.2, 0.25) is 0 Å². The topological polar surface area (TPSA) is 237 Å². The van der Waals surface area contributed by atoms with Gasteiger partial charge in [0.1, 0.15) is 19.3 Å². The van der Waals surface area contributed by atoms with Gasteiger partial charge in [0.15, 0.2) is 12.2 Å². The van der Waals surface area contributed by atoms with E-state index in [0.29, 0.717) is 37.5 Å². The number of esters is 4. The van der Waals surface area contributed by atoms with E-state index in [0.717, 1.165) is 103 Å². The van der Waals surface area contributed by atoms with E-state index in [1.807, 2.05) is 0 Å². The highest BCUT2D eigenvalue weighted by Gasteiger charge is 2.30. The van der Waals surface area contributed by atoms with Gasteiger partial charge in [-0.25, -0.2) is 9.13 Å². The average molecular weight is 1240 g/mol. The third kappa shape index (κ3) is 59.0. The standard InChI is InChI=1S/C65H126O17P2/c1-7-9-11-13-15-17-18-19-20-21-22-23-24-30-37-43-49-64(69)81-60(54-76-63(68)48-42-36-31-25-27-33-39-45-57(3)4)55-79-83(71,72)77-51-59(66)52-78-84(73,74)80-56-61(53-75-62(67)47-41-35-29-16-14-12-10-8-2)82-65(70)50-44-38-32-26-28-34-40-46-58(5)6/h57-61,66H,7-56H2,1-6H3,(H,71,72)(H,73,74)/t59-,60-,61-/m1/s1. The summed E-state index contributed by atoms with van der Waals surface area (Å²) in [5.74, 6) is -0.736.